The first-order valence-electron chi connectivity index (χ1n) is 4.55. The lowest BCUT2D eigenvalue weighted by atomic mass is 10.2. The average Bonchev–Trinajstić information content (AvgIpc) is 2.16. The van der Waals surface area contributed by atoms with Gasteiger partial charge in [-0.05, 0) is 18.1 Å². The second kappa shape index (κ2) is 5.27. The van der Waals surface area contributed by atoms with Crippen LogP contribution in [0.3, 0.4) is 0 Å². The summed E-state index contributed by atoms with van der Waals surface area (Å²) in [5.41, 5.74) is 0. The number of hydrogen-bond acceptors (Lipinski definition) is 3. The molecule has 0 fully saturated rings. The number of carbonyl (C=O) groups is 1. The van der Waals surface area contributed by atoms with Crippen LogP contribution in [0.5, 0.6) is 11.5 Å². The van der Waals surface area contributed by atoms with E-state index < -0.39 is 0 Å². The number of benzene rings is 1. The molecule has 0 radical (unpaired) electrons. The van der Waals surface area contributed by atoms with Crippen molar-refractivity contribution in [2.75, 3.05) is 6.61 Å². The Morgan fingerprint density at radius 3 is 2.71 bits per heavy atom. The summed E-state index contributed by atoms with van der Waals surface area (Å²) in [7, 11) is 0. The zero-order valence-electron chi connectivity index (χ0n) is 8.40. The first kappa shape index (κ1) is 10.6. The molecule has 0 atom stereocenters. The second-order valence-corrected chi connectivity index (χ2v) is 3.39. The van der Waals surface area contributed by atoms with E-state index in [1.54, 1.807) is 18.2 Å². The minimum atomic E-state index is 0.404. The van der Waals surface area contributed by atoms with E-state index in [0.717, 1.165) is 5.75 Å². The van der Waals surface area contributed by atoms with Gasteiger partial charge in [0.1, 0.15) is 11.5 Å². The van der Waals surface area contributed by atoms with Crippen molar-refractivity contribution in [1.29, 1.82) is 0 Å². The zero-order valence-corrected chi connectivity index (χ0v) is 8.40. The van der Waals surface area contributed by atoms with Gasteiger partial charge in [0, 0.05) is 6.07 Å². The Bertz CT molecular complexity index is 294. The molecule has 0 aliphatic carbocycles. The minimum Gasteiger partial charge on any atom is -0.493 e. The van der Waals surface area contributed by atoms with Crippen molar-refractivity contribution in [2.24, 2.45) is 5.92 Å². The molecule has 14 heavy (non-hydrogen) atoms. The lowest BCUT2D eigenvalue weighted by Crippen LogP contribution is -2.04. The van der Waals surface area contributed by atoms with E-state index in [0.29, 0.717) is 24.7 Å². The zero-order chi connectivity index (χ0) is 10.4. The molecule has 0 unspecified atom stereocenters. The van der Waals surface area contributed by atoms with Gasteiger partial charge in [0.2, 0.25) is 0 Å². The highest BCUT2D eigenvalue weighted by atomic mass is 16.5. The predicted octanol–water partition coefficient (Wildman–Crippen LogP) is 2.26. The molecule has 76 valence electrons. The summed E-state index contributed by atoms with van der Waals surface area (Å²) in [6.45, 7) is 5.21. The van der Waals surface area contributed by atoms with Crippen LogP contribution < -0.4 is 9.47 Å². The Kier molecular flexibility index (Phi) is 3.98. The lowest BCUT2D eigenvalue weighted by molar-refractivity contribution is -0.120. The normalized spacial score (nSPS) is 9.93. The highest BCUT2D eigenvalue weighted by Crippen LogP contribution is 2.19. The van der Waals surface area contributed by atoms with Gasteiger partial charge in [-0.3, -0.25) is 4.79 Å². The van der Waals surface area contributed by atoms with E-state index in [-0.39, 0.29) is 0 Å². The molecule has 0 aromatic heterocycles. The molecule has 0 spiro atoms. The molecular weight excluding hydrogens is 180 g/mol. The van der Waals surface area contributed by atoms with Gasteiger partial charge in [-0.1, -0.05) is 19.9 Å². The van der Waals surface area contributed by atoms with E-state index in [9.17, 15) is 4.79 Å². The number of hydrogen-bond donors (Lipinski definition) is 0. The van der Waals surface area contributed by atoms with Crippen molar-refractivity contribution < 1.29 is 14.3 Å². The molecule has 0 bridgehead atoms. The van der Waals surface area contributed by atoms with Crippen LogP contribution in [-0.4, -0.2) is 13.1 Å². The molecule has 0 N–H and O–H groups in total. The standard InChI is InChI=1S/C11H14O3/c1-9(2)7-13-10-4-3-5-11(6-10)14-8-12/h3-6,8-9H,7H2,1-2H3. The molecule has 0 heterocycles. The second-order valence-electron chi connectivity index (χ2n) is 3.39. The molecule has 1 rings (SSSR count). The first-order valence-corrected chi connectivity index (χ1v) is 4.55. The largest absolute Gasteiger partial charge is 0.493 e. The van der Waals surface area contributed by atoms with Crippen LogP contribution in [0.15, 0.2) is 24.3 Å². The molecule has 3 heteroatoms. The van der Waals surface area contributed by atoms with Gasteiger partial charge >= 0.3 is 0 Å². The minimum absolute atomic E-state index is 0.404. The van der Waals surface area contributed by atoms with E-state index in [1.165, 1.54) is 0 Å². The molecular formula is C11H14O3. The van der Waals surface area contributed by atoms with Crippen molar-refractivity contribution >= 4 is 6.47 Å². The monoisotopic (exact) mass is 194 g/mol. The summed E-state index contributed by atoms with van der Waals surface area (Å²) in [5.74, 6) is 1.70. The maximum Gasteiger partial charge on any atom is 0.298 e. The molecule has 1 aromatic carbocycles. The van der Waals surface area contributed by atoms with Crippen molar-refractivity contribution in [2.45, 2.75) is 13.8 Å². The highest BCUT2D eigenvalue weighted by molar-refractivity contribution is 5.46. The molecule has 3 nitrogen and oxygen atoms in total. The molecule has 1 aromatic rings. The Balaban J connectivity index is 2.58. The summed E-state index contributed by atoms with van der Waals surface area (Å²) in [5, 5.41) is 0. The summed E-state index contributed by atoms with van der Waals surface area (Å²) in [6, 6.07) is 7.02. The third kappa shape index (κ3) is 3.47. The van der Waals surface area contributed by atoms with Gasteiger partial charge in [0.25, 0.3) is 6.47 Å². The topological polar surface area (TPSA) is 35.5 Å². The number of rotatable bonds is 5. The third-order valence-corrected chi connectivity index (χ3v) is 1.57. The molecule has 0 saturated carbocycles. The van der Waals surface area contributed by atoms with Crippen LogP contribution in [0.25, 0.3) is 0 Å². The van der Waals surface area contributed by atoms with Crippen LogP contribution in [0.1, 0.15) is 13.8 Å². The lowest BCUT2D eigenvalue weighted by Gasteiger charge is -2.08. The van der Waals surface area contributed by atoms with Crippen LogP contribution >= 0.6 is 0 Å². The Morgan fingerprint density at radius 1 is 1.36 bits per heavy atom. The smallest absolute Gasteiger partial charge is 0.298 e. The predicted molar refractivity (Wildman–Crippen MR) is 53.5 cm³/mol. The SMILES string of the molecule is CC(C)COc1cccc(OC=O)c1. The van der Waals surface area contributed by atoms with Crippen LogP contribution in [0, 0.1) is 5.92 Å². The summed E-state index contributed by atoms with van der Waals surface area (Å²) in [6.07, 6.45) is 0. The average molecular weight is 194 g/mol. The number of ether oxygens (including phenoxy) is 2. The first-order chi connectivity index (χ1) is 6.72. The summed E-state index contributed by atoms with van der Waals surface area (Å²) in [4.78, 5) is 10.1. The van der Waals surface area contributed by atoms with Crippen molar-refractivity contribution in [3.63, 3.8) is 0 Å². The Labute approximate surface area is 83.6 Å². The maximum absolute atomic E-state index is 10.1. The Hall–Kier alpha value is -1.51. The quantitative estimate of drug-likeness (QED) is 0.674. The van der Waals surface area contributed by atoms with E-state index in [1.807, 2.05) is 6.07 Å². The molecule has 0 aliphatic rings. The molecule has 0 amide bonds. The molecule has 0 saturated heterocycles. The van der Waals surface area contributed by atoms with Gasteiger partial charge in [0.15, 0.2) is 0 Å². The fraction of sp³-hybridized carbons (Fsp3) is 0.364. The van der Waals surface area contributed by atoms with Crippen LogP contribution in [-0.2, 0) is 4.79 Å². The fourth-order valence-electron chi connectivity index (χ4n) is 0.956. The fourth-order valence-corrected chi connectivity index (χ4v) is 0.956. The van der Waals surface area contributed by atoms with Gasteiger partial charge in [0.05, 0.1) is 6.61 Å². The van der Waals surface area contributed by atoms with E-state index in [2.05, 4.69) is 13.8 Å². The van der Waals surface area contributed by atoms with Crippen LogP contribution in [0.4, 0.5) is 0 Å². The molecule has 0 aliphatic heterocycles. The van der Waals surface area contributed by atoms with Crippen molar-refractivity contribution in [1.82, 2.24) is 0 Å². The van der Waals surface area contributed by atoms with Gasteiger partial charge < -0.3 is 9.47 Å². The highest BCUT2D eigenvalue weighted by Gasteiger charge is 1.99. The third-order valence-electron chi connectivity index (χ3n) is 1.57. The van der Waals surface area contributed by atoms with Crippen LogP contribution in [0.2, 0.25) is 0 Å². The van der Waals surface area contributed by atoms with Crippen molar-refractivity contribution in [3.05, 3.63) is 24.3 Å². The van der Waals surface area contributed by atoms with Gasteiger partial charge in [-0.2, -0.15) is 0 Å². The van der Waals surface area contributed by atoms with Gasteiger partial charge in [-0.25, -0.2) is 0 Å². The van der Waals surface area contributed by atoms with E-state index in [4.69, 9.17) is 9.47 Å². The number of carbonyl (C=O) groups excluding carboxylic acids is 1. The van der Waals surface area contributed by atoms with Gasteiger partial charge in [-0.15, -0.1) is 0 Å². The summed E-state index contributed by atoms with van der Waals surface area (Å²) >= 11 is 0. The van der Waals surface area contributed by atoms with Crippen molar-refractivity contribution in [3.8, 4) is 11.5 Å². The van der Waals surface area contributed by atoms with E-state index >= 15 is 0 Å². The summed E-state index contributed by atoms with van der Waals surface area (Å²) < 4.78 is 10.2. The maximum atomic E-state index is 10.1. The Morgan fingerprint density at radius 2 is 2.07 bits per heavy atom.